The molecule has 1 amide bonds. The number of carbonyl (C=O) groups is 2. The number of anilines is 1. The lowest BCUT2D eigenvalue weighted by atomic mass is 10.1. The van der Waals surface area contributed by atoms with Crippen LogP contribution < -0.4 is 5.32 Å². The monoisotopic (exact) mass is 394 g/mol. The highest BCUT2D eigenvalue weighted by Gasteiger charge is 2.20. The lowest BCUT2D eigenvalue weighted by molar-refractivity contribution is -0.385. The van der Waals surface area contributed by atoms with Gasteiger partial charge in [-0.3, -0.25) is 14.9 Å². The van der Waals surface area contributed by atoms with Crippen LogP contribution in [0.3, 0.4) is 0 Å². The first-order valence-corrected chi connectivity index (χ1v) is 7.77. The molecule has 146 valence electrons. The minimum atomic E-state index is -1.75. The molecule has 0 saturated heterocycles. The van der Waals surface area contributed by atoms with Gasteiger partial charge in [0.15, 0.2) is 23.6 Å². The van der Waals surface area contributed by atoms with Crippen LogP contribution in [0.1, 0.15) is 12.5 Å². The molecule has 0 radical (unpaired) electrons. The Morgan fingerprint density at radius 1 is 1.14 bits per heavy atom. The number of halogens is 3. The highest BCUT2D eigenvalue weighted by Crippen LogP contribution is 2.20. The smallest absolute Gasteiger partial charge is 0.331 e. The summed E-state index contributed by atoms with van der Waals surface area (Å²) < 4.78 is 44.4. The zero-order chi connectivity index (χ0) is 20.8. The Bertz CT molecular complexity index is 962. The van der Waals surface area contributed by atoms with E-state index in [0.717, 1.165) is 18.2 Å². The molecule has 0 aliphatic rings. The molecule has 7 nitrogen and oxygen atoms in total. The number of benzene rings is 2. The highest BCUT2D eigenvalue weighted by atomic mass is 19.2. The zero-order valence-corrected chi connectivity index (χ0v) is 14.3. The van der Waals surface area contributed by atoms with Gasteiger partial charge in [0.1, 0.15) is 0 Å². The number of nitrogens with zero attached hydrogens (tertiary/aromatic N) is 1. The van der Waals surface area contributed by atoms with Crippen molar-refractivity contribution in [2.75, 3.05) is 5.32 Å². The Morgan fingerprint density at radius 2 is 1.82 bits per heavy atom. The predicted octanol–water partition coefficient (Wildman–Crippen LogP) is 3.60. The number of amides is 1. The van der Waals surface area contributed by atoms with Gasteiger partial charge in [-0.2, -0.15) is 0 Å². The van der Waals surface area contributed by atoms with Crippen molar-refractivity contribution in [1.82, 2.24) is 0 Å². The van der Waals surface area contributed by atoms with E-state index in [9.17, 15) is 32.9 Å². The summed E-state index contributed by atoms with van der Waals surface area (Å²) in [7, 11) is 0. The normalized spacial score (nSPS) is 11.9. The van der Waals surface area contributed by atoms with Crippen molar-refractivity contribution in [3.05, 3.63) is 75.6 Å². The van der Waals surface area contributed by atoms with Gasteiger partial charge in [-0.15, -0.1) is 0 Å². The number of carbonyl (C=O) groups excluding carboxylic acids is 2. The third-order valence-electron chi connectivity index (χ3n) is 3.49. The van der Waals surface area contributed by atoms with Crippen LogP contribution in [-0.2, 0) is 14.3 Å². The molecule has 2 rings (SSSR count). The van der Waals surface area contributed by atoms with Gasteiger partial charge in [0, 0.05) is 12.1 Å². The summed E-state index contributed by atoms with van der Waals surface area (Å²) in [6.07, 6.45) is 0.611. The van der Waals surface area contributed by atoms with Crippen LogP contribution in [0.4, 0.5) is 24.5 Å². The van der Waals surface area contributed by atoms with Crippen LogP contribution in [0.15, 0.2) is 42.5 Å². The zero-order valence-electron chi connectivity index (χ0n) is 14.3. The molecule has 0 bridgehead atoms. The van der Waals surface area contributed by atoms with Crippen molar-refractivity contribution >= 4 is 29.3 Å². The quantitative estimate of drug-likeness (QED) is 0.265. The Labute approximate surface area is 156 Å². The van der Waals surface area contributed by atoms with Crippen LogP contribution in [0.25, 0.3) is 6.08 Å². The van der Waals surface area contributed by atoms with Crippen molar-refractivity contribution in [3.8, 4) is 0 Å². The van der Waals surface area contributed by atoms with E-state index >= 15 is 0 Å². The Hall–Kier alpha value is -3.69. The summed E-state index contributed by atoms with van der Waals surface area (Å²) >= 11 is 0. The standard InChI is InChI=1S/C18H13F3N2O5/c1-10(18(25)22-13-8-7-12(19)16(20)17(13)21)28-15(24)9-6-11-4-2-3-5-14(11)23(26)27/h2-10H,1H3,(H,22,25)/b9-6+/t10-/m1/s1. The van der Waals surface area contributed by atoms with E-state index in [2.05, 4.69) is 0 Å². The van der Waals surface area contributed by atoms with E-state index in [1.807, 2.05) is 5.32 Å². The van der Waals surface area contributed by atoms with Crippen LogP contribution in [-0.4, -0.2) is 22.9 Å². The lowest BCUT2D eigenvalue weighted by Gasteiger charge is -2.13. The first-order valence-electron chi connectivity index (χ1n) is 7.77. The first kappa shape index (κ1) is 20.6. The van der Waals surface area contributed by atoms with E-state index < -0.39 is 46.0 Å². The predicted molar refractivity (Wildman–Crippen MR) is 92.6 cm³/mol. The van der Waals surface area contributed by atoms with Gasteiger partial charge in [0.2, 0.25) is 0 Å². The summed E-state index contributed by atoms with van der Waals surface area (Å²) in [5, 5.41) is 12.9. The molecule has 0 unspecified atom stereocenters. The van der Waals surface area contributed by atoms with Gasteiger partial charge in [0.05, 0.1) is 16.2 Å². The van der Waals surface area contributed by atoms with Gasteiger partial charge in [0.25, 0.3) is 11.6 Å². The van der Waals surface area contributed by atoms with Gasteiger partial charge in [-0.25, -0.2) is 18.0 Å². The maximum absolute atomic E-state index is 13.6. The number of hydrogen-bond acceptors (Lipinski definition) is 5. The summed E-state index contributed by atoms with van der Waals surface area (Å²) in [4.78, 5) is 34.0. The molecule has 2 aromatic rings. The molecule has 10 heteroatoms. The minimum Gasteiger partial charge on any atom is -0.449 e. The molecule has 0 aliphatic heterocycles. The molecule has 0 fully saturated rings. The second-order valence-electron chi connectivity index (χ2n) is 5.44. The molecule has 1 atom stereocenters. The number of nitro groups is 1. The Balaban J connectivity index is 2.01. The minimum absolute atomic E-state index is 0.144. The van der Waals surface area contributed by atoms with Crippen molar-refractivity contribution in [3.63, 3.8) is 0 Å². The molecular weight excluding hydrogens is 381 g/mol. The summed E-state index contributed by atoms with van der Waals surface area (Å²) in [6.45, 7) is 1.17. The molecule has 2 aromatic carbocycles. The maximum Gasteiger partial charge on any atom is 0.331 e. The van der Waals surface area contributed by atoms with Gasteiger partial charge < -0.3 is 10.1 Å². The average Bonchev–Trinajstić information content (AvgIpc) is 2.66. The van der Waals surface area contributed by atoms with Gasteiger partial charge >= 0.3 is 5.97 Å². The fraction of sp³-hybridized carbons (Fsp3) is 0.111. The second-order valence-corrected chi connectivity index (χ2v) is 5.44. The number of nitrogens with one attached hydrogen (secondary N) is 1. The van der Waals surface area contributed by atoms with Crippen molar-refractivity contribution in [2.24, 2.45) is 0 Å². The molecule has 0 spiro atoms. The summed E-state index contributed by atoms with van der Waals surface area (Å²) in [5.74, 6) is -6.75. The number of rotatable bonds is 6. The fourth-order valence-electron chi connectivity index (χ4n) is 2.08. The third kappa shape index (κ3) is 4.93. The van der Waals surface area contributed by atoms with E-state index in [4.69, 9.17) is 4.74 Å². The molecule has 1 N–H and O–H groups in total. The van der Waals surface area contributed by atoms with E-state index in [1.54, 1.807) is 0 Å². The maximum atomic E-state index is 13.6. The highest BCUT2D eigenvalue weighted by molar-refractivity contribution is 5.96. The number of hydrogen-bond donors (Lipinski definition) is 1. The molecule has 0 saturated carbocycles. The van der Waals surface area contributed by atoms with Crippen LogP contribution in [0.5, 0.6) is 0 Å². The van der Waals surface area contributed by atoms with E-state index in [1.165, 1.54) is 31.2 Å². The molecule has 28 heavy (non-hydrogen) atoms. The van der Waals surface area contributed by atoms with Crippen LogP contribution >= 0.6 is 0 Å². The average molecular weight is 394 g/mol. The van der Waals surface area contributed by atoms with E-state index in [0.29, 0.717) is 6.07 Å². The molecule has 0 aromatic heterocycles. The SMILES string of the molecule is C[C@@H](OC(=O)/C=C/c1ccccc1[N+](=O)[O-])C(=O)Nc1ccc(F)c(F)c1F. The van der Waals surface area contributed by atoms with Crippen molar-refractivity contribution in [2.45, 2.75) is 13.0 Å². The second kappa shape index (κ2) is 8.80. The van der Waals surface area contributed by atoms with Crippen LogP contribution in [0.2, 0.25) is 0 Å². The van der Waals surface area contributed by atoms with Crippen molar-refractivity contribution < 1.29 is 32.4 Å². The summed E-state index contributed by atoms with van der Waals surface area (Å²) in [5.41, 5.74) is -0.709. The molecular formula is C18H13F3N2O5. The van der Waals surface area contributed by atoms with Gasteiger partial charge in [-0.1, -0.05) is 12.1 Å². The number of nitro benzene ring substituents is 1. The number of ether oxygens (including phenoxy) is 1. The van der Waals surface area contributed by atoms with Gasteiger partial charge in [-0.05, 0) is 31.2 Å². The Morgan fingerprint density at radius 3 is 2.50 bits per heavy atom. The largest absolute Gasteiger partial charge is 0.449 e. The number of esters is 1. The molecule has 0 aliphatic carbocycles. The third-order valence-corrected chi connectivity index (χ3v) is 3.49. The van der Waals surface area contributed by atoms with E-state index in [-0.39, 0.29) is 11.3 Å². The number of para-hydroxylation sites is 1. The van der Waals surface area contributed by atoms with Crippen LogP contribution in [0, 0.1) is 27.6 Å². The molecule has 0 heterocycles. The fourth-order valence-corrected chi connectivity index (χ4v) is 2.08. The topological polar surface area (TPSA) is 98.5 Å². The van der Waals surface area contributed by atoms with Crippen molar-refractivity contribution in [1.29, 1.82) is 0 Å². The lowest BCUT2D eigenvalue weighted by Crippen LogP contribution is -2.29. The Kier molecular flexibility index (Phi) is 6.48. The first-order chi connectivity index (χ1) is 13.2. The summed E-state index contributed by atoms with van der Waals surface area (Å²) in [6, 6.07) is 7.08.